The highest BCUT2D eigenvalue weighted by Crippen LogP contribution is 2.15. The summed E-state index contributed by atoms with van der Waals surface area (Å²) in [4.78, 5) is 4.45. The van der Waals surface area contributed by atoms with Gasteiger partial charge in [0.05, 0.1) is 10.7 Å². The number of rotatable bonds is 5. The summed E-state index contributed by atoms with van der Waals surface area (Å²) >= 11 is 1.72. The second-order valence-electron chi connectivity index (χ2n) is 3.32. The number of thiazole rings is 1. The molecule has 1 unspecified atom stereocenters. The van der Waals surface area contributed by atoms with Crippen molar-refractivity contribution in [2.45, 2.75) is 39.7 Å². The van der Waals surface area contributed by atoms with Crippen LogP contribution in [-0.2, 0) is 0 Å². The summed E-state index contributed by atoms with van der Waals surface area (Å²) < 4.78 is 0. The van der Waals surface area contributed by atoms with Crippen LogP contribution < -0.4 is 5.32 Å². The Hall–Kier alpha value is -0.410. The van der Waals surface area contributed by atoms with Crippen LogP contribution in [0.25, 0.3) is 0 Å². The van der Waals surface area contributed by atoms with Gasteiger partial charge in [-0.3, -0.25) is 0 Å². The molecule has 0 bridgehead atoms. The van der Waals surface area contributed by atoms with Gasteiger partial charge in [-0.25, -0.2) is 4.98 Å². The summed E-state index contributed by atoms with van der Waals surface area (Å²) in [5.41, 5.74) is 1.18. The van der Waals surface area contributed by atoms with Gasteiger partial charge in [0, 0.05) is 11.4 Å². The highest BCUT2D eigenvalue weighted by atomic mass is 32.1. The van der Waals surface area contributed by atoms with Gasteiger partial charge in [-0.1, -0.05) is 13.3 Å². The lowest BCUT2D eigenvalue weighted by Gasteiger charge is -2.10. The van der Waals surface area contributed by atoms with Crippen LogP contribution in [-0.4, -0.2) is 11.5 Å². The second-order valence-corrected chi connectivity index (χ2v) is 4.38. The second kappa shape index (κ2) is 5.35. The van der Waals surface area contributed by atoms with E-state index in [-0.39, 0.29) is 0 Å². The van der Waals surface area contributed by atoms with Gasteiger partial charge in [-0.2, -0.15) is 0 Å². The van der Waals surface area contributed by atoms with E-state index in [0.29, 0.717) is 6.04 Å². The molecule has 1 heterocycles. The lowest BCUT2D eigenvalue weighted by Crippen LogP contribution is -2.19. The Labute approximate surface area is 84.4 Å². The molecule has 0 aliphatic heterocycles. The molecule has 0 saturated carbocycles. The minimum absolute atomic E-state index is 0.400. The van der Waals surface area contributed by atoms with Crippen molar-refractivity contribution >= 4 is 11.3 Å². The van der Waals surface area contributed by atoms with Crippen molar-refractivity contribution in [1.29, 1.82) is 0 Å². The minimum Gasteiger partial charge on any atom is -0.309 e. The molecule has 0 radical (unpaired) electrons. The van der Waals surface area contributed by atoms with E-state index in [4.69, 9.17) is 0 Å². The Balaban J connectivity index is 2.35. The molecule has 1 atom stereocenters. The number of hydrogen-bond donors (Lipinski definition) is 1. The number of nitrogens with one attached hydrogen (secondary N) is 1. The molecule has 1 aromatic rings. The van der Waals surface area contributed by atoms with Crippen molar-refractivity contribution in [2.75, 3.05) is 6.54 Å². The fourth-order valence-electron chi connectivity index (χ4n) is 1.18. The fourth-order valence-corrected chi connectivity index (χ4v) is 1.89. The van der Waals surface area contributed by atoms with Crippen molar-refractivity contribution in [2.24, 2.45) is 0 Å². The zero-order chi connectivity index (χ0) is 9.68. The molecule has 0 spiro atoms. The largest absolute Gasteiger partial charge is 0.309 e. The van der Waals surface area contributed by atoms with Crippen LogP contribution in [0, 0.1) is 6.92 Å². The van der Waals surface area contributed by atoms with E-state index >= 15 is 0 Å². The molecular formula is C10H18N2S. The molecule has 1 N–H and O–H groups in total. The van der Waals surface area contributed by atoms with Gasteiger partial charge in [0.15, 0.2) is 0 Å². The fraction of sp³-hybridized carbons (Fsp3) is 0.700. The smallest absolute Gasteiger partial charge is 0.0898 e. The molecule has 0 fully saturated rings. The average Bonchev–Trinajstić information content (AvgIpc) is 2.52. The monoisotopic (exact) mass is 198 g/mol. The Morgan fingerprint density at radius 2 is 2.38 bits per heavy atom. The zero-order valence-corrected chi connectivity index (χ0v) is 9.45. The van der Waals surface area contributed by atoms with Gasteiger partial charge < -0.3 is 5.32 Å². The number of nitrogens with zero attached hydrogens (tertiary/aromatic N) is 1. The highest BCUT2D eigenvalue weighted by molar-refractivity contribution is 7.09. The van der Waals surface area contributed by atoms with Crippen LogP contribution in [0.3, 0.4) is 0 Å². The first-order valence-electron chi connectivity index (χ1n) is 4.89. The van der Waals surface area contributed by atoms with Crippen molar-refractivity contribution in [1.82, 2.24) is 10.3 Å². The number of aromatic nitrogens is 1. The first-order chi connectivity index (χ1) is 6.24. The maximum absolute atomic E-state index is 4.45. The molecule has 0 amide bonds. The lowest BCUT2D eigenvalue weighted by atomic mass is 10.2. The minimum atomic E-state index is 0.400. The van der Waals surface area contributed by atoms with Crippen molar-refractivity contribution in [3.63, 3.8) is 0 Å². The van der Waals surface area contributed by atoms with E-state index in [2.05, 4.69) is 29.5 Å². The summed E-state index contributed by atoms with van der Waals surface area (Å²) in [6.45, 7) is 7.52. The van der Waals surface area contributed by atoms with Crippen molar-refractivity contribution in [3.05, 3.63) is 16.1 Å². The third-order valence-corrected chi connectivity index (χ3v) is 2.85. The van der Waals surface area contributed by atoms with Crippen molar-refractivity contribution < 1.29 is 0 Å². The summed E-state index contributed by atoms with van der Waals surface area (Å²) in [5.74, 6) is 0. The maximum Gasteiger partial charge on any atom is 0.0898 e. The van der Waals surface area contributed by atoms with Gasteiger partial charge in [0.1, 0.15) is 0 Å². The quantitative estimate of drug-likeness (QED) is 0.736. The first kappa shape index (κ1) is 10.7. The van der Waals surface area contributed by atoms with E-state index in [9.17, 15) is 0 Å². The Morgan fingerprint density at radius 1 is 1.62 bits per heavy atom. The molecule has 3 heteroatoms. The van der Waals surface area contributed by atoms with E-state index < -0.39 is 0 Å². The first-order valence-corrected chi connectivity index (χ1v) is 5.77. The SMILES string of the molecule is CCCCNC(C)c1csc(C)n1. The molecule has 0 aliphatic carbocycles. The molecule has 13 heavy (non-hydrogen) atoms. The van der Waals surface area contributed by atoms with Crippen LogP contribution in [0.4, 0.5) is 0 Å². The third-order valence-electron chi connectivity index (χ3n) is 2.06. The molecule has 0 aromatic carbocycles. The van der Waals surface area contributed by atoms with E-state index in [1.807, 2.05) is 6.92 Å². The van der Waals surface area contributed by atoms with E-state index in [1.165, 1.54) is 18.5 Å². The number of unbranched alkanes of at least 4 members (excludes halogenated alkanes) is 1. The lowest BCUT2D eigenvalue weighted by molar-refractivity contribution is 0.545. The molecule has 74 valence electrons. The van der Waals surface area contributed by atoms with Gasteiger partial charge in [-0.15, -0.1) is 11.3 Å². The van der Waals surface area contributed by atoms with Gasteiger partial charge in [0.25, 0.3) is 0 Å². The molecule has 1 aromatic heterocycles. The van der Waals surface area contributed by atoms with Gasteiger partial charge in [-0.05, 0) is 26.8 Å². The van der Waals surface area contributed by atoms with Gasteiger partial charge in [0.2, 0.25) is 0 Å². The van der Waals surface area contributed by atoms with Crippen LogP contribution in [0.15, 0.2) is 5.38 Å². The van der Waals surface area contributed by atoms with Crippen LogP contribution in [0.5, 0.6) is 0 Å². The van der Waals surface area contributed by atoms with Crippen LogP contribution in [0.1, 0.15) is 43.4 Å². The predicted octanol–water partition coefficient (Wildman–Crippen LogP) is 2.90. The summed E-state index contributed by atoms with van der Waals surface area (Å²) in [5, 5.41) is 6.75. The van der Waals surface area contributed by atoms with E-state index in [0.717, 1.165) is 11.6 Å². The maximum atomic E-state index is 4.45. The number of aryl methyl sites for hydroxylation is 1. The van der Waals surface area contributed by atoms with Crippen LogP contribution in [0.2, 0.25) is 0 Å². The zero-order valence-electron chi connectivity index (χ0n) is 8.63. The normalized spacial score (nSPS) is 13.2. The predicted molar refractivity (Wildman–Crippen MR) is 58.2 cm³/mol. The average molecular weight is 198 g/mol. The number of hydrogen-bond acceptors (Lipinski definition) is 3. The third kappa shape index (κ3) is 3.44. The standard InChI is InChI=1S/C10H18N2S/c1-4-5-6-11-8(2)10-7-13-9(3)12-10/h7-8,11H,4-6H2,1-3H3. The Morgan fingerprint density at radius 3 is 2.92 bits per heavy atom. The molecule has 0 aliphatic rings. The molecular weight excluding hydrogens is 180 g/mol. The summed E-state index contributed by atoms with van der Waals surface area (Å²) in [6, 6.07) is 0.400. The Bertz CT molecular complexity index is 245. The topological polar surface area (TPSA) is 24.9 Å². The molecule has 0 saturated heterocycles. The van der Waals surface area contributed by atoms with Crippen molar-refractivity contribution in [3.8, 4) is 0 Å². The molecule has 1 rings (SSSR count). The molecule has 2 nitrogen and oxygen atoms in total. The van der Waals surface area contributed by atoms with Crippen LogP contribution >= 0.6 is 11.3 Å². The highest BCUT2D eigenvalue weighted by Gasteiger charge is 2.06. The van der Waals surface area contributed by atoms with E-state index in [1.54, 1.807) is 11.3 Å². The van der Waals surface area contributed by atoms with Gasteiger partial charge >= 0.3 is 0 Å². The Kier molecular flexibility index (Phi) is 4.39. The summed E-state index contributed by atoms with van der Waals surface area (Å²) in [6.07, 6.45) is 2.49. The summed E-state index contributed by atoms with van der Waals surface area (Å²) in [7, 11) is 0.